The molecule has 2 heterocycles. The fourth-order valence-electron chi connectivity index (χ4n) is 3.43. The van der Waals surface area contributed by atoms with Gasteiger partial charge in [-0.3, -0.25) is 9.78 Å². The summed E-state index contributed by atoms with van der Waals surface area (Å²) in [4.78, 5) is 24.6. The molecular formula is C20H19N3OS. The van der Waals surface area contributed by atoms with Crippen LogP contribution in [-0.4, -0.2) is 27.8 Å². The van der Waals surface area contributed by atoms with Gasteiger partial charge in [-0.1, -0.05) is 30.3 Å². The first-order valence-corrected chi connectivity index (χ1v) is 9.20. The lowest BCUT2D eigenvalue weighted by Crippen LogP contribution is -2.30. The van der Waals surface area contributed by atoms with Gasteiger partial charge in [0.1, 0.15) is 9.88 Å². The van der Waals surface area contributed by atoms with Crippen LogP contribution in [0.3, 0.4) is 0 Å². The Hall–Kier alpha value is -2.53. The molecule has 5 heteroatoms. The second kappa shape index (κ2) is 6.41. The van der Waals surface area contributed by atoms with Gasteiger partial charge >= 0.3 is 0 Å². The molecule has 126 valence electrons. The summed E-state index contributed by atoms with van der Waals surface area (Å²) in [6.07, 6.45) is 3.75. The first-order valence-electron chi connectivity index (χ1n) is 8.39. The number of hydrogen-bond donors (Lipinski definition) is 0. The van der Waals surface area contributed by atoms with Crippen LogP contribution in [0.4, 0.5) is 0 Å². The van der Waals surface area contributed by atoms with Crippen LogP contribution in [0, 0.1) is 6.92 Å². The topological polar surface area (TPSA) is 46.1 Å². The predicted octanol–water partition coefficient (Wildman–Crippen LogP) is 4.27. The number of thiazole rings is 1. The summed E-state index contributed by atoms with van der Waals surface area (Å²) in [5.74, 6) is 0.0406. The monoisotopic (exact) mass is 349 g/mol. The highest BCUT2D eigenvalue weighted by molar-refractivity contribution is 7.17. The number of aromatic nitrogens is 2. The van der Waals surface area contributed by atoms with Crippen LogP contribution < -0.4 is 0 Å². The van der Waals surface area contributed by atoms with Crippen LogP contribution in [0.1, 0.15) is 39.0 Å². The Morgan fingerprint density at radius 1 is 1.20 bits per heavy atom. The van der Waals surface area contributed by atoms with Gasteiger partial charge < -0.3 is 4.90 Å². The van der Waals surface area contributed by atoms with Gasteiger partial charge in [-0.25, -0.2) is 4.98 Å². The molecule has 0 aliphatic heterocycles. The normalized spacial score (nSPS) is 15.8. The molecule has 0 radical (unpaired) electrons. The van der Waals surface area contributed by atoms with Crippen molar-refractivity contribution in [2.75, 3.05) is 7.05 Å². The number of carbonyl (C=O) groups excluding carboxylic acids is 1. The van der Waals surface area contributed by atoms with Crippen LogP contribution in [0.15, 0.2) is 48.7 Å². The van der Waals surface area contributed by atoms with Crippen molar-refractivity contribution in [3.63, 3.8) is 0 Å². The molecule has 1 atom stereocenters. The third-order valence-corrected chi connectivity index (χ3v) is 5.93. The molecule has 0 fully saturated rings. The van der Waals surface area contributed by atoms with Gasteiger partial charge in [-0.2, -0.15) is 0 Å². The number of hydrogen-bond acceptors (Lipinski definition) is 4. The predicted molar refractivity (Wildman–Crippen MR) is 99.7 cm³/mol. The minimum Gasteiger partial charge on any atom is -0.334 e. The smallest absolute Gasteiger partial charge is 0.266 e. The van der Waals surface area contributed by atoms with E-state index in [4.69, 9.17) is 0 Å². The van der Waals surface area contributed by atoms with E-state index in [0.717, 1.165) is 29.2 Å². The van der Waals surface area contributed by atoms with E-state index in [9.17, 15) is 4.79 Å². The maximum Gasteiger partial charge on any atom is 0.266 e. The third kappa shape index (κ3) is 2.85. The molecule has 1 unspecified atom stereocenters. The maximum atomic E-state index is 13.1. The van der Waals surface area contributed by atoms with E-state index < -0.39 is 0 Å². The molecule has 1 aliphatic carbocycles. The molecule has 0 saturated carbocycles. The number of amides is 1. The number of benzene rings is 1. The maximum absolute atomic E-state index is 13.1. The SMILES string of the molecule is Cc1nc(-c2ccccn2)sc1C(=O)N(C)C1CCc2ccccc21. The second-order valence-corrected chi connectivity index (χ2v) is 7.32. The van der Waals surface area contributed by atoms with Gasteiger partial charge in [0.15, 0.2) is 0 Å². The van der Waals surface area contributed by atoms with Crippen molar-refractivity contribution < 1.29 is 4.79 Å². The molecule has 0 saturated heterocycles. The fourth-order valence-corrected chi connectivity index (χ4v) is 4.46. The molecule has 0 bridgehead atoms. The van der Waals surface area contributed by atoms with E-state index in [1.165, 1.54) is 22.5 Å². The first-order chi connectivity index (χ1) is 12.1. The number of rotatable bonds is 3. The minimum atomic E-state index is 0.0406. The number of pyridine rings is 1. The van der Waals surface area contributed by atoms with Gasteiger partial charge in [0.05, 0.1) is 17.4 Å². The van der Waals surface area contributed by atoms with Gasteiger partial charge in [0, 0.05) is 13.2 Å². The molecule has 1 aliphatic rings. The number of nitrogens with zero attached hydrogens (tertiary/aromatic N) is 3. The Balaban J connectivity index is 1.62. The van der Waals surface area contributed by atoms with Crippen molar-refractivity contribution in [2.24, 2.45) is 0 Å². The standard InChI is InChI=1S/C20H19N3OS/c1-13-18(25-19(22-13)16-9-5-6-12-21-16)20(24)23(2)17-11-10-14-7-3-4-8-15(14)17/h3-9,12,17H,10-11H2,1-2H3. The summed E-state index contributed by atoms with van der Waals surface area (Å²) in [6.45, 7) is 1.90. The molecule has 1 amide bonds. The van der Waals surface area contributed by atoms with Crippen molar-refractivity contribution >= 4 is 17.2 Å². The van der Waals surface area contributed by atoms with Crippen LogP contribution in [-0.2, 0) is 6.42 Å². The summed E-state index contributed by atoms with van der Waals surface area (Å²) in [6, 6.07) is 14.3. The molecule has 1 aromatic carbocycles. The molecule has 2 aromatic heterocycles. The van der Waals surface area contributed by atoms with Crippen LogP contribution in [0.2, 0.25) is 0 Å². The lowest BCUT2D eigenvalue weighted by atomic mass is 10.1. The quantitative estimate of drug-likeness (QED) is 0.709. The highest BCUT2D eigenvalue weighted by Crippen LogP contribution is 2.36. The molecule has 4 rings (SSSR count). The van der Waals surface area contributed by atoms with E-state index in [-0.39, 0.29) is 11.9 Å². The molecule has 3 aromatic rings. The van der Waals surface area contributed by atoms with Crippen LogP contribution in [0.25, 0.3) is 10.7 Å². The zero-order valence-electron chi connectivity index (χ0n) is 14.3. The minimum absolute atomic E-state index is 0.0406. The van der Waals surface area contributed by atoms with Crippen molar-refractivity contribution in [1.82, 2.24) is 14.9 Å². The number of aryl methyl sites for hydroxylation is 2. The third-order valence-electron chi connectivity index (χ3n) is 4.76. The summed E-state index contributed by atoms with van der Waals surface area (Å²) in [7, 11) is 1.90. The Labute approximate surface area is 151 Å². The van der Waals surface area contributed by atoms with E-state index in [0.29, 0.717) is 4.88 Å². The lowest BCUT2D eigenvalue weighted by molar-refractivity contribution is 0.0734. The van der Waals surface area contributed by atoms with Gasteiger partial charge in [0.25, 0.3) is 5.91 Å². The molecular weight excluding hydrogens is 330 g/mol. The number of fused-ring (bicyclic) bond motifs is 1. The Morgan fingerprint density at radius 3 is 2.80 bits per heavy atom. The number of carbonyl (C=O) groups is 1. The second-order valence-electron chi connectivity index (χ2n) is 6.32. The average Bonchev–Trinajstić information content (AvgIpc) is 3.25. The fraction of sp³-hybridized carbons (Fsp3) is 0.250. The average molecular weight is 349 g/mol. The van der Waals surface area contributed by atoms with Gasteiger partial charge in [-0.05, 0) is 43.0 Å². The summed E-state index contributed by atoms with van der Waals surface area (Å²) in [5, 5.41) is 0.793. The molecule has 0 N–H and O–H groups in total. The summed E-state index contributed by atoms with van der Waals surface area (Å²) < 4.78 is 0. The van der Waals surface area contributed by atoms with E-state index in [1.807, 2.05) is 43.1 Å². The van der Waals surface area contributed by atoms with Crippen LogP contribution >= 0.6 is 11.3 Å². The van der Waals surface area contributed by atoms with Gasteiger partial charge in [-0.15, -0.1) is 11.3 Å². The van der Waals surface area contributed by atoms with Crippen molar-refractivity contribution in [3.05, 3.63) is 70.4 Å². The highest BCUT2D eigenvalue weighted by Gasteiger charge is 2.30. The van der Waals surface area contributed by atoms with Crippen molar-refractivity contribution in [2.45, 2.75) is 25.8 Å². The van der Waals surface area contributed by atoms with Crippen molar-refractivity contribution in [1.29, 1.82) is 0 Å². The molecule has 25 heavy (non-hydrogen) atoms. The Kier molecular flexibility index (Phi) is 4.09. The van der Waals surface area contributed by atoms with Crippen LogP contribution in [0.5, 0.6) is 0 Å². The summed E-state index contributed by atoms with van der Waals surface area (Å²) in [5.41, 5.74) is 4.20. The lowest BCUT2D eigenvalue weighted by Gasteiger charge is -2.25. The Morgan fingerprint density at radius 2 is 2.00 bits per heavy atom. The molecule has 4 nitrogen and oxygen atoms in total. The molecule has 0 spiro atoms. The summed E-state index contributed by atoms with van der Waals surface area (Å²) >= 11 is 1.42. The zero-order chi connectivity index (χ0) is 17.4. The van der Waals surface area contributed by atoms with Gasteiger partial charge in [0.2, 0.25) is 0 Å². The zero-order valence-corrected chi connectivity index (χ0v) is 15.1. The largest absolute Gasteiger partial charge is 0.334 e. The van der Waals surface area contributed by atoms with E-state index in [2.05, 4.69) is 28.2 Å². The highest BCUT2D eigenvalue weighted by atomic mass is 32.1. The van der Waals surface area contributed by atoms with E-state index in [1.54, 1.807) is 6.20 Å². The van der Waals surface area contributed by atoms with E-state index >= 15 is 0 Å². The Bertz CT molecular complexity index is 920. The first kappa shape index (κ1) is 16.0. The van der Waals surface area contributed by atoms with Crippen molar-refractivity contribution in [3.8, 4) is 10.7 Å².